The summed E-state index contributed by atoms with van der Waals surface area (Å²) < 4.78 is 61.0. The molecule has 244 valence electrons. The van der Waals surface area contributed by atoms with E-state index in [2.05, 4.69) is 26.4 Å². The van der Waals surface area contributed by atoms with Crippen molar-refractivity contribution in [3.63, 3.8) is 0 Å². The average molecular weight is 649 g/mol. The van der Waals surface area contributed by atoms with Crippen molar-refractivity contribution in [2.75, 3.05) is 33.9 Å². The molecule has 6 rings (SSSR count). The maximum Gasteiger partial charge on any atom is 0.283 e. The predicted molar refractivity (Wildman–Crippen MR) is 176 cm³/mol. The fourth-order valence-electron chi connectivity index (χ4n) is 6.99. The minimum Gasteiger partial charge on any atom is -0.493 e. The van der Waals surface area contributed by atoms with Crippen LogP contribution >= 0.6 is 0 Å². The van der Waals surface area contributed by atoms with Gasteiger partial charge in [-0.25, -0.2) is 9.37 Å². The van der Waals surface area contributed by atoms with Crippen LogP contribution in [0.4, 0.5) is 4.39 Å². The summed E-state index contributed by atoms with van der Waals surface area (Å²) in [7, 11) is -0.390. The highest BCUT2D eigenvalue weighted by Crippen LogP contribution is 2.45. The van der Waals surface area contributed by atoms with E-state index in [4.69, 9.17) is 13.9 Å². The SMILES string of the molecule is CCOc1cc(CN2CC[C@H]3C(Cc4nc5cc(S(=O)(=O)/N=C/N(C)C)ccc5o4)CC[C@H]32)cc(OCC)c1-c1ccc(F)cc1. The summed E-state index contributed by atoms with van der Waals surface area (Å²) in [4.78, 5) is 8.92. The van der Waals surface area contributed by atoms with Crippen molar-refractivity contribution in [3.05, 3.63) is 71.9 Å². The predicted octanol–water partition coefficient (Wildman–Crippen LogP) is 6.55. The van der Waals surface area contributed by atoms with Crippen molar-refractivity contribution in [2.24, 2.45) is 16.2 Å². The molecule has 2 heterocycles. The number of oxazole rings is 1. The van der Waals surface area contributed by atoms with Gasteiger partial charge in [0.1, 0.15) is 29.2 Å². The van der Waals surface area contributed by atoms with E-state index >= 15 is 0 Å². The Morgan fingerprint density at radius 2 is 1.74 bits per heavy atom. The molecule has 2 aliphatic rings. The zero-order chi connectivity index (χ0) is 32.4. The topological polar surface area (TPSA) is 97.5 Å². The van der Waals surface area contributed by atoms with Gasteiger partial charge in [-0.3, -0.25) is 4.90 Å². The number of nitrogens with zero attached hydrogens (tertiary/aromatic N) is 4. The maximum absolute atomic E-state index is 13.7. The molecule has 9 nitrogen and oxygen atoms in total. The van der Waals surface area contributed by atoms with Crippen LogP contribution in [0.1, 0.15) is 44.6 Å². The van der Waals surface area contributed by atoms with Crippen molar-refractivity contribution in [2.45, 2.75) is 57.0 Å². The fraction of sp³-hybridized carbons (Fsp3) is 0.429. The van der Waals surface area contributed by atoms with Crippen LogP contribution in [-0.2, 0) is 23.0 Å². The van der Waals surface area contributed by atoms with Gasteiger partial charge < -0.3 is 18.8 Å². The zero-order valence-electron chi connectivity index (χ0n) is 26.8. The molecule has 46 heavy (non-hydrogen) atoms. The molecule has 1 aliphatic heterocycles. The first-order valence-electron chi connectivity index (χ1n) is 15.9. The van der Waals surface area contributed by atoms with Crippen LogP contribution in [0.3, 0.4) is 0 Å². The van der Waals surface area contributed by atoms with E-state index < -0.39 is 10.0 Å². The lowest BCUT2D eigenvalue weighted by atomic mass is 9.90. The number of benzene rings is 3. The second-order valence-electron chi connectivity index (χ2n) is 12.3. The van der Waals surface area contributed by atoms with Crippen LogP contribution in [0, 0.1) is 17.7 Å². The summed E-state index contributed by atoms with van der Waals surface area (Å²) in [6.07, 6.45) is 5.29. The molecule has 3 aromatic carbocycles. The summed E-state index contributed by atoms with van der Waals surface area (Å²) in [5.74, 6) is 2.82. The minimum absolute atomic E-state index is 0.0935. The van der Waals surface area contributed by atoms with E-state index in [1.165, 1.54) is 30.6 Å². The molecule has 2 fully saturated rings. The van der Waals surface area contributed by atoms with Gasteiger partial charge in [0.15, 0.2) is 11.5 Å². The lowest BCUT2D eigenvalue weighted by Crippen LogP contribution is -2.30. The Kier molecular flexibility index (Phi) is 9.33. The molecule has 11 heteroatoms. The van der Waals surface area contributed by atoms with Crippen LogP contribution in [0.25, 0.3) is 22.2 Å². The number of halogens is 1. The lowest BCUT2D eigenvalue weighted by molar-refractivity contribution is 0.224. The average Bonchev–Trinajstić information content (AvgIpc) is 3.73. The number of ether oxygens (including phenoxy) is 2. The Morgan fingerprint density at radius 3 is 2.41 bits per heavy atom. The van der Waals surface area contributed by atoms with Crippen molar-refractivity contribution in [1.29, 1.82) is 0 Å². The quantitative estimate of drug-likeness (QED) is 0.126. The molecule has 0 amide bonds. The third-order valence-corrected chi connectivity index (χ3v) is 10.2. The first-order chi connectivity index (χ1) is 22.1. The van der Waals surface area contributed by atoms with Gasteiger partial charge >= 0.3 is 0 Å². The normalized spacial score (nSPS) is 20.1. The van der Waals surface area contributed by atoms with Gasteiger partial charge in [-0.05, 0) is 105 Å². The largest absolute Gasteiger partial charge is 0.493 e. The summed E-state index contributed by atoms with van der Waals surface area (Å²) in [6, 6.07) is 15.8. The minimum atomic E-state index is -3.82. The first-order valence-corrected chi connectivity index (χ1v) is 17.4. The third kappa shape index (κ3) is 6.76. The van der Waals surface area contributed by atoms with E-state index in [0.717, 1.165) is 67.0 Å². The third-order valence-electron chi connectivity index (χ3n) is 8.95. The Balaban J connectivity index is 1.17. The number of rotatable bonds is 12. The van der Waals surface area contributed by atoms with Gasteiger partial charge in [0.05, 0.1) is 23.7 Å². The van der Waals surface area contributed by atoms with E-state index in [1.54, 1.807) is 37.2 Å². The van der Waals surface area contributed by atoms with Crippen LogP contribution in [-0.4, -0.2) is 69.4 Å². The molecule has 0 N–H and O–H groups in total. The molecular formula is C35H41FN4O5S. The van der Waals surface area contributed by atoms with Crippen molar-refractivity contribution in [1.82, 2.24) is 14.8 Å². The Morgan fingerprint density at radius 1 is 1.02 bits per heavy atom. The number of likely N-dealkylation sites (tertiary alicyclic amines) is 1. The van der Waals surface area contributed by atoms with Crippen molar-refractivity contribution < 1.29 is 26.7 Å². The van der Waals surface area contributed by atoms with Crippen molar-refractivity contribution >= 4 is 27.5 Å². The standard InChI is InChI=1S/C35H41FN4O5S/c1-5-43-32-17-23(18-33(44-6-2)35(32)24-7-10-26(36)11-8-24)21-40-16-15-28-25(9-13-30(28)40)19-34-38-29-20-27(12-14-31(29)45-34)46(41,42)37-22-39(3)4/h7-8,10-12,14,17-18,20,22,25,28,30H,5-6,9,13,15-16,19,21H2,1-4H3/b37-22+/t25?,28-,30+/m0/s1. The van der Waals surface area contributed by atoms with Crippen LogP contribution in [0.5, 0.6) is 11.5 Å². The van der Waals surface area contributed by atoms with E-state index in [9.17, 15) is 12.8 Å². The van der Waals surface area contributed by atoms with Gasteiger partial charge in [0.2, 0.25) is 0 Å². The molecule has 1 saturated heterocycles. The van der Waals surface area contributed by atoms with Crippen LogP contribution in [0.15, 0.2) is 68.3 Å². The van der Waals surface area contributed by atoms with Crippen LogP contribution < -0.4 is 9.47 Å². The number of hydrogen-bond donors (Lipinski definition) is 0. The highest BCUT2D eigenvalue weighted by Gasteiger charge is 2.44. The number of sulfonamides is 1. The Bertz CT molecular complexity index is 1800. The smallest absolute Gasteiger partial charge is 0.283 e. The molecule has 1 aromatic heterocycles. The molecule has 0 bridgehead atoms. The van der Waals surface area contributed by atoms with Gasteiger partial charge in [-0.1, -0.05) is 12.1 Å². The Hall–Kier alpha value is -3.96. The van der Waals surface area contributed by atoms with E-state index in [-0.39, 0.29) is 10.7 Å². The first kappa shape index (κ1) is 32.0. The van der Waals surface area contributed by atoms with Gasteiger partial charge in [0.25, 0.3) is 10.0 Å². The molecule has 3 atom stereocenters. The van der Waals surface area contributed by atoms with Crippen LogP contribution in [0.2, 0.25) is 0 Å². The zero-order valence-corrected chi connectivity index (χ0v) is 27.6. The highest BCUT2D eigenvalue weighted by atomic mass is 32.2. The molecule has 0 radical (unpaired) electrons. The number of aromatic nitrogens is 1. The Labute approximate surface area is 270 Å². The second-order valence-corrected chi connectivity index (χ2v) is 13.9. The van der Waals surface area contributed by atoms with E-state index in [0.29, 0.717) is 48.1 Å². The molecule has 1 unspecified atom stereocenters. The summed E-state index contributed by atoms with van der Waals surface area (Å²) in [5, 5.41) is 0. The van der Waals surface area contributed by atoms with Gasteiger partial charge in [-0.2, -0.15) is 8.42 Å². The van der Waals surface area contributed by atoms with E-state index in [1.807, 2.05) is 13.8 Å². The summed E-state index contributed by atoms with van der Waals surface area (Å²) in [5.41, 5.74) is 3.93. The van der Waals surface area contributed by atoms with Gasteiger partial charge in [0, 0.05) is 33.1 Å². The number of hydrogen-bond acceptors (Lipinski definition) is 7. The molecule has 1 aliphatic carbocycles. The fourth-order valence-corrected chi connectivity index (χ4v) is 7.93. The van der Waals surface area contributed by atoms with Crippen molar-refractivity contribution in [3.8, 4) is 22.6 Å². The van der Waals surface area contributed by atoms with Gasteiger partial charge in [-0.15, -0.1) is 4.40 Å². The number of fused-ring (bicyclic) bond motifs is 2. The second kappa shape index (κ2) is 13.4. The summed E-state index contributed by atoms with van der Waals surface area (Å²) in [6.45, 7) is 6.73. The lowest BCUT2D eigenvalue weighted by Gasteiger charge is -2.25. The molecule has 0 spiro atoms. The molecule has 4 aromatic rings. The highest BCUT2D eigenvalue weighted by molar-refractivity contribution is 7.90. The summed E-state index contributed by atoms with van der Waals surface area (Å²) >= 11 is 0. The molecular weight excluding hydrogens is 607 g/mol. The maximum atomic E-state index is 13.7. The monoisotopic (exact) mass is 648 g/mol. The molecule has 1 saturated carbocycles.